The van der Waals surface area contributed by atoms with E-state index >= 15 is 0 Å². The van der Waals surface area contributed by atoms with Crippen LogP contribution in [0.1, 0.15) is 5.56 Å². The summed E-state index contributed by atoms with van der Waals surface area (Å²) in [6.45, 7) is 0. The zero-order valence-corrected chi connectivity index (χ0v) is 17.9. The molecule has 0 N–H and O–H groups in total. The smallest absolute Gasteiger partial charge is 0.311 e. The molecule has 2 unspecified atom stereocenters. The third-order valence-corrected chi connectivity index (χ3v) is 5.89. The number of allylic oxidation sites excluding steroid dienone is 2. The van der Waals surface area contributed by atoms with Crippen LogP contribution in [0.15, 0.2) is 111 Å². The van der Waals surface area contributed by atoms with Gasteiger partial charge in [0.1, 0.15) is 23.2 Å². The van der Waals surface area contributed by atoms with E-state index in [9.17, 15) is 0 Å². The second-order valence-corrected chi connectivity index (χ2v) is 8.09. The Balaban J connectivity index is 1.30. The van der Waals surface area contributed by atoms with E-state index in [1.807, 2.05) is 97.1 Å². The lowest BCUT2D eigenvalue weighted by atomic mass is 10.1. The summed E-state index contributed by atoms with van der Waals surface area (Å²) in [5, 5.41) is 0. The Morgan fingerprint density at radius 2 is 1.29 bits per heavy atom. The summed E-state index contributed by atoms with van der Waals surface area (Å²) in [4.78, 5) is 15.8. The maximum Gasteiger partial charge on any atom is 0.311 e. The van der Waals surface area contributed by atoms with Crippen LogP contribution >= 0.6 is 0 Å². The molecule has 2 aromatic heterocycles. The van der Waals surface area contributed by atoms with Crippen LogP contribution in [0, 0.1) is 0 Å². The van der Waals surface area contributed by atoms with Crippen molar-refractivity contribution in [2.75, 3.05) is 4.90 Å². The van der Waals surface area contributed by atoms with Crippen LogP contribution in [0.3, 0.4) is 0 Å². The van der Waals surface area contributed by atoms with Crippen LogP contribution in [-0.2, 0) is 4.74 Å². The Hall–Kier alpha value is -4.65. The van der Waals surface area contributed by atoms with Crippen molar-refractivity contribution in [3.63, 3.8) is 0 Å². The summed E-state index contributed by atoms with van der Waals surface area (Å²) in [7, 11) is 0. The van der Waals surface area contributed by atoms with Gasteiger partial charge in [-0.2, -0.15) is 9.97 Å². The van der Waals surface area contributed by atoms with Gasteiger partial charge in [0, 0.05) is 5.56 Å². The number of hydrogen-bond donors (Lipinski definition) is 0. The van der Waals surface area contributed by atoms with Crippen LogP contribution in [0.25, 0.3) is 22.2 Å². The summed E-state index contributed by atoms with van der Waals surface area (Å²) in [6.07, 6.45) is 8.02. The highest BCUT2D eigenvalue weighted by atomic mass is 16.5. The zero-order valence-electron chi connectivity index (χ0n) is 17.9. The molecule has 0 spiro atoms. The normalized spacial score (nSPS) is 18.8. The first kappa shape index (κ1) is 18.9. The summed E-state index contributed by atoms with van der Waals surface area (Å²) < 4.78 is 18.2. The Bertz CT molecular complexity index is 1470. The van der Waals surface area contributed by atoms with Crippen molar-refractivity contribution < 1.29 is 13.6 Å². The average Bonchev–Trinajstić information content (AvgIpc) is 3.60. The van der Waals surface area contributed by atoms with Crippen LogP contribution < -0.4 is 4.90 Å². The summed E-state index contributed by atoms with van der Waals surface area (Å²) in [5.74, 6) is 0.632. The Labute approximate surface area is 194 Å². The number of aliphatic imine (C=N–C) groups is 1. The third kappa shape index (κ3) is 3.09. The second-order valence-electron chi connectivity index (χ2n) is 8.09. The van der Waals surface area contributed by atoms with E-state index in [4.69, 9.17) is 18.6 Å². The number of para-hydroxylation sites is 4. The number of nitrogens with zero attached hydrogens (tertiary/aromatic N) is 4. The van der Waals surface area contributed by atoms with E-state index in [2.05, 4.69) is 9.97 Å². The molecule has 5 aromatic rings. The molecule has 0 saturated heterocycles. The monoisotopic (exact) mass is 446 g/mol. The molecule has 0 radical (unpaired) electrons. The predicted octanol–water partition coefficient (Wildman–Crippen LogP) is 6.08. The van der Waals surface area contributed by atoms with Crippen LogP contribution in [0.4, 0.5) is 17.7 Å². The average molecular weight is 446 g/mol. The molecule has 0 bridgehead atoms. The van der Waals surface area contributed by atoms with Crippen LogP contribution in [0.5, 0.6) is 0 Å². The van der Waals surface area contributed by atoms with Crippen molar-refractivity contribution in [2.45, 2.75) is 12.1 Å². The molecule has 2 atom stereocenters. The standard InChI is InChI=1S/C27H18N4O3/c1-4-10-22-19(7-1)28-25(32-22)17-13-15-18(16-14-17)31(26-29-20-8-2-5-11-23(20)33-26)27-30-21-9-3-6-12-24(21)34-27/h1-16,19,22H. The molecule has 164 valence electrons. The lowest BCUT2D eigenvalue weighted by Gasteiger charge is -2.17. The number of benzene rings is 3. The first-order valence-electron chi connectivity index (χ1n) is 11.0. The molecule has 7 heteroatoms. The number of hydrogen-bond acceptors (Lipinski definition) is 7. The minimum absolute atomic E-state index is 0.0238. The van der Waals surface area contributed by atoms with E-state index in [0.29, 0.717) is 29.1 Å². The third-order valence-electron chi connectivity index (χ3n) is 5.89. The zero-order chi connectivity index (χ0) is 22.5. The van der Waals surface area contributed by atoms with Crippen molar-refractivity contribution >= 4 is 45.8 Å². The molecule has 2 aliphatic rings. The second kappa shape index (κ2) is 7.45. The number of aromatic nitrogens is 2. The van der Waals surface area contributed by atoms with Gasteiger partial charge < -0.3 is 13.6 Å². The SMILES string of the molecule is C1=CC2N=C(c3ccc(N(c4nc5ccccc5o4)c4nc5ccccc5o4)cc3)OC2C=C1. The van der Waals surface area contributed by atoms with Gasteiger partial charge in [-0.15, -0.1) is 0 Å². The topological polar surface area (TPSA) is 76.9 Å². The quantitative estimate of drug-likeness (QED) is 0.333. The van der Waals surface area contributed by atoms with Gasteiger partial charge in [0.2, 0.25) is 5.90 Å². The van der Waals surface area contributed by atoms with E-state index < -0.39 is 0 Å². The summed E-state index contributed by atoms with van der Waals surface area (Å²) >= 11 is 0. The first-order chi connectivity index (χ1) is 16.8. The van der Waals surface area contributed by atoms with E-state index in [0.717, 1.165) is 22.3 Å². The van der Waals surface area contributed by atoms with Gasteiger partial charge in [0.05, 0.1) is 5.69 Å². The molecular formula is C27H18N4O3. The number of anilines is 3. The van der Waals surface area contributed by atoms with Gasteiger partial charge in [-0.05, 0) is 54.6 Å². The molecule has 1 aliphatic carbocycles. The summed E-state index contributed by atoms with van der Waals surface area (Å²) in [5.41, 5.74) is 4.58. The summed E-state index contributed by atoms with van der Waals surface area (Å²) in [6, 6.07) is 23.9. The molecular weight excluding hydrogens is 428 g/mol. The van der Waals surface area contributed by atoms with Crippen LogP contribution in [0.2, 0.25) is 0 Å². The molecule has 3 heterocycles. The predicted molar refractivity (Wildman–Crippen MR) is 130 cm³/mol. The minimum atomic E-state index is -0.0457. The van der Waals surface area contributed by atoms with Crippen molar-refractivity contribution in [1.29, 1.82) is 0 Å². The molecule has 7 rings (SSSR count). The lowest BCUT2D eigenvalue weighted by molar-refractivity contribution is 0.255. The van der Waals surface area contributed by atoms with Crippen molar-refractivity contribution in [3.05, 3.63) is 103 Å². The van der Waals surface area contributed by atoms with Crippen molar-refractivity contribution in [3.8, 4) is 0 Å². The Morgan fingerprint density at radius 3 is 1.91 bits per heavy atom. The van der Waals surface area contributed by atoms with Gasteiger partial charge in [-0.1, -0.05) is 42.5 Å². The van der Waals surface area contributed by atoms with Gasteiger partial charge in [0.25, 0.3) is 0 Å². The molecule has 3 aromatic carbocycles. The maximum absolute atomic E-state index is 6.08. The number of fused-ring (bicyclic) bond motifs is 3. The molecule has 34 heavy (non-hydrogen) atoms. The van der Waals surface area contributed by atoms with E-state index in [-0.39, 0.29) is 12.1 Å². The molecule has 1 aliphatic heterocycles. The molecule has 0 saturated carbocycles. The number of ether oxygens (including phenoxy) is 1. The Morgan fingerprint density at radius 1 is 0.676 bits per heavy atom. The fourth-order valence-corrected chi connectivity index (χ4v) is 4.20. The Kier molecular flexibility index (Phi) is 4.14. The number of oxazole rings is 2. The van der Waals surface area contributed by atoms with Gasteiger partial charge in [0.15, 0.2) is 11.2 Å². The minimum Gasteiger partial charge on any atom is -0.467 e. The highest BCUT2D eigenvalue weighted by Gasteiger charge is 2.29. The van der Waals surface area contributed by atoms with Gasteiger partial charge in [-0.3, -0.25) is 0 Å². The van der Waals surface area contributed by atoms with E-state index in [1.54, 1.807) is 4.90 Å². The van der Waals surface area contributed by atoms with Crippen LogP contribution in [-0.4, -0.2) is 28.0 Å². The molecule has 0 fully saturated rings. The van der Waals surface area contributed by atoms with Crippen molar-refractivity contribution in [2.24, 2.45) is 4.99 Å². The highest BCUT2D eigenvalue weighted by molar-refractivity contribution is 5.96. The molecule has 7 nitrogen and oxygen atoms in total. The maximum atomic E-state index is 6.08. The van der Waals surface area contributed by atoms with Crippen molar-refractivity contribution in [1.82, 2.24) is 9.97 Å². The van der Waals surface area contributed by atoms with E-state index in [1.165, 1.54) is 0 Å². The highest BCUT2D eigenvalue weighted by Crippen LogP contribution is 2.37. The largest absolute Gasteiger partial charge is 0.467 e. The fraction of sp³-hybridized carbons (Fsp3) is 0.0741. The number of rotatable bonds is 4. The molecule has 0 amide bonds. The first-order valence-corrected chi connectivity index (χ1v) is 11.0. The van der Waals surface area contributed by atoms with Gasteiger partial charge in [-0.25, -0.2) is 9.89 Å². The fourth-order valence-electron chi connectivity index (χ4n) is 4.20. The van der Waals surface area contributed by atoms with Gasteiger partial charge >= 0.3 is 12.0 Å². The lowest BCUT2D eigenvalue weighted by Crippen LogP contribution is -2.19.